The Morgan fingerprint density at radius 2 is 1.89 bits per heavy atom. The van der Waals surface area contributed by atoms with E-state index in [0.29, 0.717) is 29.9 Å². The Balaban J connectivity index is 1.59. The van der Waals surface area contributed by atoms with E-state index < -0.39 is 0 Å². The van der Waals surface area contributed by atoms with Crippen molar-refractivity contribution in [1.29, 1.82) is 0 Å². The van der Waals surface area contributed by atoms with Crippen LogP contribution in [0, 0.1) is 28.6 Å². The van der Waals surface area contributed by atoms with E-state index in [2.05, 4.69) is 27.7 Å². The first-order chi connectivity index (χ1) is 13.2. The van der Waals surface area contributed by atoms with Crippen LogP contribution in [0.1, 0.15) is 53.4 Å². The van der Waals surface area contributed by atoms with Gasteiger partial charge in [-0.25, -0.2) is 4.79 Å². The number of hydrogen-bond donors (Lipinski definition) is 1. The van der Waals surface area contributed by atoms with Crippen LogP contribution in [0.2, 0.25) is 0 Å². The summed E-state index contributed by atoms with van der Waals surface area (Å²) >= 11 is 0. The molecule has 0 amide bonds. The van der Waals surface area contributed by atoms with Crippen molar-refractivity contribution in [2.45, 2.75) is 59.5 Å². The highest BCUT2D eigenvalue weighted by Gasteiger charge is 2.57. The molecule has 0 bridgehead atoms. The van der Waals surface area contributed by atoms with Gasteiger partial charge in [-0.2, -0.15) is 0 Å². The van der Waals surface area contributed by atoms with E-state index in [-0.39, 0.29) is 22.6 Å². The second-order valence-electron chi connectivity index (χ2n) is 9.68. The third-order valence-electron chi connectivity index (χ3n) is 8.35. The number of fused-ring (bicyclic) bond motifs is 2. The Bertz CT molecular complexity index is 918. The summed E-state index contributed by atoms with van der Waals surface area (Å²) in [5.41, 5.74) is 0.418. The lowest BCUT2D eigenvalue weighted by Gasteiger charge is -2.60. The Kier molecular flexibility index (Phi) is 4.81. The topological polar surface area (TPSA) is 59.7 Å². The third-order valence-corrected chi connectivity index (χ3v) is 8.35. The maximum atomic E-state index is 11.5. The van der Waals surface area contributed by atoms with E-state index in [0.717, 1.165) is 30.4 Å². The second kappa shape index (κ2) is 6.91. The van der Waals surface area contributed by atoms with Crippen molar-refractivity contribution in [3.8, 4) is 5.75 Å². The first-order valence-electron chi connectivity index (χ1n) is 10.6. The predicted octanol–water partition coefficient (Wildman–Crippen LogP) is 5.02. The normalized spacial score (nSPS) is 38.2. The van der Waals surface area contributed by atoms with E-state index in [9.17, 15) is 9.90 Å². The van der Waals surface area contributed by atoms with Crippen molar-refractivity contribution < 1.29 is 14.3 Å². The maximum Gasteiger partial charge on any atom is 0.336 e. The Morgan fingerprint density at radius 1 is 1.14 bits per heavy atom. The van der Waals surface area contributed by atoms with Crippen LogP contribution < -0.4 is 10.4 Å². The first kappa shape index (κ1) is 19.5. The van der Waals surface area contributed by atoms with Crippen LogP contribution in [0.15, 0.2) is 39.5 Å². The van der Waals surface area contributed by atoms with Crippen LogP contribution in [-0.2, 0) is 0 Å². The maximum absolute atomic E-state index is 11.5. The number of hydrogen-bond acceptors (Lipinski definition) is 4. The smallest absolute Gasteiger partial charge is 0.336 e. The fourth-order valence-corrected chi connectivity index (χ4v) is 5.97. The Morgan fingerprint density at radius 3 is 2.68 bits per heavy atom. The van der Waals surface area contributed by atoms with Crippen LogP contribution in [-0.4, -0.2) is 17.8 Å². The van der Waals surface area contributed by atoms with E-state index in [1.165, 1.54) is 12.5 Å². The summed E-state index contributed by atoms with van der Waals surface area (Å²) < 4.78 is 11.6. The molecule has 1 heterocycles. The summed E-state index contributed by atoms with van der Waals surface area (Å²) in [6.45, 7) is 9.95. The SMILES string of the molecule is C[C@@H]1CC[C@@]2(C)[C@@H](CC[C@H](O)[C@@H]2C)[C@@]1(C)COc1ccc2ccc(=O)oc2c1. The van der Waals surface area contributed by atoms with E-state index in [1.807, 2.05) is 18.2 Å². The zero-order valence-corrected chi connectivity index (χ0v) is 17.4. The number of benzene rings is 1. The van der Waals surface area contributed by atoms with Crippen molar-refractivity contribution in [2.24, 2.45) is 28.6 Å². The minimum atomic E-state index is -0.344. The Hall–Kier alpha value is -1.81. The van der Waals surface area contributed by atoms with Crippen molar-refractivity contribution in [3.05, 3.63) is 40.8 Å². The molecule has 4 nitrogen and oxygen atoms in total. The highest BCUT2D eigenvalue weighted by atomic mass is 16.5. The van der Waals surface area contributed by atoms with E-state index in [1.54, 1.807) is 6.07 Å². The molecule has 4 rings (SSSR count). The van der Waals surface area contributed by atoms with E-state index in [4.69, 9.17) is 9.15 Å². The standard InChI is InChI=1S/C24H32O4/c1-15-11-12-23(3)16(2)19(25)8-9-21(23)24(15,4)14-27-18-7-5-17-6-10-22(26)28-20(17)13-18/h5-7,10,13,15-16,19,21,25H,8-9,11-12,14H2,1-4H3/t15-,16+,19+,21-,23-,24+/m1/s1. The lowest BCUT2D eigenvalue weighted by atomic mass is 9.45. The number of rotatable bonds is 3. The highest BCUT2D eigenvalue weighted by Crippen LogP contribution is 2.61. The average Bonchev–Trinajstić information content (AvgIpc) is 2.67. The molecule has 0 saturated heterocycles. The van der Waals surface area contributed by atoms with Gasteiger partial charge in [-0.3, -0.25) is 0 Å². The van der Waals surface area contributed by atoms with Crippen LogP contribution >= 0.6 is 0 Å². The molecule has 2 fully saturated rings. The molecule has 28 heavy (non-hydrogen) atoms. The third kappa shape index (κ3) is 3.06. The minimum absolute atomic E-state index is 0.0495. The lowest BCUT2D eigenvalue weighted by Crippen LogP contribution is -2.57. The van der Waals surface area contributed by atoms with Gasteiger partial charge in [-0.15, -0.1) is 0 Å². The molecule has 4 heteroatoms. The summed E-state index contributed by atoms with van der Waals surface area (Å²) in [6.07, 6.45) is 4.08. The van der Waals surface area contributed by atoms with Gasteiger partial charge in [0, 0.05) is 22.9 Å². The summed E-state index contributed by atoms with van der Waals surface area (Å²) in [7, 11) is 0. The molecule has 0 radical (unpaired) electrons. The van der Waals surface area contributed by atoms with Crippen LogP contribution in [0.4, 0.5) is 0 Å². The average molecular weight is 385 g/mol. The molecule has 1 aromatic carbocycles. The molecule has 2 saturated carbocycles. The number of ether oxygens (including phenoxy) is 1. The van der Waals surface area contributed by atoms with Gasteiger partial charge in [-0.1, -0.05) is 27.7 Å². The van der Waals surface area contributed by atoms with Gasteiger partial charge in [0.15, 0.2) is 0 Å². The van der Waals surface area contributed by atoms with Gasteiger partial charge in [0.2, 0.25) is 0 Å². The van der Waals surface area contributed by atoms with Gasteiger partial charge < -0.3 is 14.3 Å². The molecule has 2 aliphatic rings. The van der Waals surface area contributed by atoms with E-state index >= 15 is 0 Å². The number of aliphatic hydroxyl groups is 1. The number of aliphatic hydroxyl groups excluding tert-OH is 1. The summed E-state index contributed by atoms with van der Waals surface area (Å²) in [5.74, 6) is 2.14. The van der Waals surface area contributed by atoms with Crippen LogP contribution in [0.25, 0.3) is 11.0 Å². The van der Waals surface area contributed by atoms with Crippen molar-refractivity contribution in [2.75, 3.05) is 6.61 Å². The van der Waals surface area contributed by atoms with Crippen molar-refractivity contribution >= 4 is 11.0 Å². The van der Waals surface area contributed by atoms with Gasteiger partial charge in [0.25, 0.3) is 0 Å². The second-order valence-corrected chi connectivity index (χ2v) is 9.68. The molecule has 0 aliphatic heterocycles. The Labute approximate surface area is 166 Å². The molecule has 1 aromatic heterocycles. The summed E-state index contributed by atoms with van der Waals surface area (Å²) in [5, 5.41) is 11.4. The fourth-order valence-electron chi connectivity index (χ4n) is 5.97. The molecule has 0 spiro atoms. The van der Waals surface area contributed by atoms with Crippen LogP contribution in [0.5, 0.6) is 5.75 Å². The van der Waals surface area contributed by atoms with Gasteiger partial charge in [0.1, 0.15) is 11.3 Å². The zero-order valence-electron chi connectivity index (χ0n) is 17.4. The largest absolute Gasteiger partial charge is 0.493 e. The fraction of sp³-hybridized carbons (Fsp3) is 0.625. The molecule has 6 atom stereocenters. The molecule has 2 aliphatic carbocycles. The zero-order chi connectivity index (χ0) is 20.1. The lowest BCUT2D eigenvalue weighted by molar-refractivity contribution is -0.152. The minimum Gasteiger partial charge on any atom is -0.493 e. The summed E-state index contributed by atoms with van der Waals surface area (Å²) in [4.78, 5) is 11.5. The van der Waals surface area contributed by atoms with Gasteiger partial charge >= 0.3 is 5.63 Å². The van der Waals surface area contributed by atoms with Crippen molar-refractivity contribution in [1.82, 2.24) is 0 Å². The molecular weight excluding hydrogens is 352 g/mol. The molecular formula is C24H32O4. The molecule has 2 aromatic rings. The molecule has 152 valence electrons. The van der Waals surface area contributed by atoms with Gasteiger partial charge in [0.05, 0.1) is 12.7 Å². The van der Waals surface area contributed by atoms with Crippen molar-refractivity contribution in [3.63, 3.8) is 0 Å². The molecule has 1 N–H and O–H groups in total. The predicted molar refractivity (Wildman–Crippen MR) is 110 cm³/mol. The van der Waals surface area contributed by atoms with Gasteiger partial charge in [-0.05, 0) is 67.1 Å². The monoisotopic (exact) mass is 384 g/mol. The quantitative estimate of drug-likeness (QED) is 0.755. The summed E-state index contributed by atoms with van der Waals surface area (Å²) in [6, 6.07) is 8.91. The molecule has 0 unspecified atom stereocenters. The first-order valence-corrected chi connectivity index (χ1v) is 10.6. The van der Waals surface area contributed by atoms with Crippen LogP contribution in [0.3, 0.4) is 0 Å². The highest BCUT2D eigenvalue weighted by molar-refractivity contribution is 5.77.